The minimum absolute atomic E-state index is 0.0143. The molecule has 0 aliphatic heterocycles. The molecule has 8 nitrogen and oxygen atoms in total. The Hall–Kier alpha value is -1.01. The molecule has 0 saturated carbocycles. The molecule has 0 radical (unpaired) electrons. The average Bonchev–Trinajstić information content (AvgIpc) is 2.80. The summed E-state index contributed by atoms with van der Waals surface area (Å²) in [7, 11) is -5.19. The summed E-state index contributed by atoms with van der Waals surface area (Å²) in [6.07, 6.45) is 3.59. The van der Waals surface area contributed by atoms with E-state index in [1.807, 2.05) is 13.8 Å². The standard InChI is InChI=1S/C24H42O8P2/c1-7-13-15-27-22-18-21(24(25)33(29-9-3)30-10-4)23(28-16-14-8-2)17-20(22)19-34(26,31-11-5)32-12-6/h17-18H,7-16,19H2,1-6H3. The highest BCUT2D eigenvalue weighted by Gasteiger charge is 2.31. The fourth-order valence-electron chi connectivity index (χ4n) is 3.02. The van der Waals surface area contributed by atoms with Crippen LogP contribution in [0.1, 0.15) is 83.1 Å². The van der Waals surface area contributed by atoms with Crippen molar-refractivity contribution < 1.29 is 36.9 Å². The normalized spacial score (nSPS) is 11.7. The monoisotopic (exact) mass is 520 g/mol. The topological polar surface area (TPSA) is 89.5 Å². The maximum atomic E-state index is 13.4. The Morgan fingerprint density at radius 1 is 0.794 bits per heavy atom. The number of benzene rings is 1. The Morgan fingerprint density at radius 2 is 1.32 bits per heavy atom. The molecule has 0 N–H and O–H groups in total. The van der Waals surface area contributed by atoms with Crippen molar-refractivity contribution in [2.24, 2.45) is 0 Å². The molecule has 0 saturated heterocycles. The number of hydrogen-bond acceptors (Lipinski definition) is 8. The summed E-state index contributed by atoms with van der Waals surface area (Å²) in [5, 5.41) is 0. The molecular formula is C24H42O8P2. The first-order valence-corrected chi connectivity index (χ1v) is 15.2. The van der Waals surface area contributed by atoms with Crippen LogP contribution in [0.3, 0.4) is 0 Å². The van der Waals surface area contributed by atoms with Crippen LogP contribution in [0.25, 0.3) is 0 Å². The second kappa shape index (κ2) is 17.4. The van der Waals surface area contributed by atoms with Gasteiger partial charge in [0.15, 0.2) is 0 Å². The van der Waals surface area contributed by atoms with Crippen molar-refractivity contribution in [3.05, 3.63) is 23.3 Å². The minimum Gasteiger partial charge on any atom is -0.493 e. The zero-order chi connectivity index (χ0) is 25.4. The average molecular weight is 521 g/mol. The number of carbonyl (C=O) groups excluding carboxylic acids is 1. The van der Waals surface area contributed by atoms with Crippen LogP contribution in [-0.2, 0) is 28.8 Å². The molecule has 0 spiro atoms. The second-order valence-electron chi connectivity index (χ2n) is 7.36. The number of carbonyl (C=O) groups is 1. The van der Waals surface area contributed by atoms with E-state index < -0.39 is 16.0 Å². The summed E-state index contributed by atoms with van der Waals surface area (Å²) < 4.78 is 47.6. The van der Waals surface area contributed by atoms with Gasteiger partial charge in [0.2, 0.25) is 13.9 Å². The highest BCUT2D eigenvalue weighted by atomic mass is 31.2. The minimum atomic E-state index is -3.40. The molecular weight excluding hydrogens is 478 g/mol. The van der Waals surface area contributed by atoms with Gasteiger partial charge in [0.05, 0.1) is 51.4 Å². The maximum absolute atomic E-state index is 13.4. The highest BCUT2D eigenvalue weighted by Crippen LogP contribution is 2.53. The van der Waals surface area contributed by atoms with E-state index in [0.29, 0.717) is 49.1 Å². The summed E-state index contributed by atoms with van der Waals surface area (Å²) in [6.45, 7) is 13.5. The molecule has 0 aliphatic rings. The third-order valence-corrected chi connectivity index (χ3v) is 8.17. The van der Waals surface area contributed by atoms with Crippen molar-refractivity contribution in [1.29, 1.82) is 0 Å². The van der Waals surface area contributed by atoms with Crippen molar-refractivity contribution in [1.82, 2.24) is 0 Å². The smallest absolute Gasteiger partial charge is 0.335 e. The van der Waals surface area contributed by atoms with Crippen LogP contribution in [-0.4, -0.2) is 45.2 Å². The van der Waals surface area contributed by atoms with Crippen molar-refractivity contribution in [2.45, 2.75) is 73.4 Å². The van der Waals surface area contributed by atoms with Gasteiger partial charge >= 0.3 is 7.60 Å². The van der Waals surface area contributed by atoms with E-state index >= 15 is 0 Å². The maximum Gasteiger partial charge on any atom is 0.335 e. The third kappa shape index (κ3) is 10.3. The zero-order valence-electron chi connectivity index (χ0n) is 21.6. The van der Waals surface area contributed by atoms with Crippen molar-refractivity contribution in [3.63, 3.8) is 0 Å². The quantitative estimate of drug-likeness (QED) is 0.130. The van der Waals surface area contributed by atoms with Gasteiger partial charge in [0.1, 0.15) is 11.5 Å². The fraction of sp³-hybridized carbons (Fsp3) is 0.708. The van der Waals surface area contributed by atoms with Crippen molar-refractivity contribution >= 4 is 21.5 Å². The van der Waals surface area contributed by atoms with E-state index in [-0.39, 0.29) is 24.9 Å². The Bertz CT molecular complexity index is 756. The Balaban J connectivity index is 3.53. The summed E-state index contributed by atoms with van der Waals surface area (Å²) in [5.41, 5.74) is 0.665. The molecule has 1 rings (SSSR count). The molecule has 0 heterocycles. The van der Waals surface area contributed by atoms with Crippen LogP contribution in [0.4, 0.5) is 0 Å². The van der Waals surface area contributed by atoms with Gasteiger partial charge in [-0.25, -0.2) is 0 Å². The summed E-state index contributed by atoms with van der Waals surface area (Å²) in [4.78, 5) is 13.4. The molecule has 1 aromatic carbocycles. The SMILES string of the molecule is CCCCOc1cc(C(=O)P(OCC)OCC)c(OCCCC)cc1CP(=O)(OCC)OCC. The molecule has 34 heavy (non-hydrogen) atoms. The molecule has 0 atom stereocenters. The molecule has 0 amide bonds. The van der Waals surface area contributed by atoms with Crippen LogP contribution in [0, 0.1) is 0 Å². The lowest BCUT2D eigenvalue weighted by atomic mass is 10.1. The predicted molar refractivity (Wildman–Crippen MR) is 136 cm³/mol. The van der Waals surface area contributed by atoms with Gasteiger partial charge < -0.3 is 27.6 Å². The van der Waals surface area contributed by atoms with E-state index in [9.17, 15) is 9.36 Å². The Morgan fingerprint density at radius 3 is 1.79 bits per heavy atom. The lowest BCUT2D eigenvalue weighted by Crippen LogP contribution is -2.10. The van der Waals surface area contributed by atoms with E-state index in [1.54, 1.807) is 26.0 Å². The third-order valence-electron chi connectivity index (χ3n) is 4.58. The molecule has 10 heteroatoms. The molecule has 0 fully saturated rings. The first-order chi connectivity index (χ1) is 16.4. The van der Waals surface area contributed by atoms with Gasteiger partial charge in [-0.3, -0.25) is 9.36 Å². The number of hydrogen-bond donors (Lipinski definition) is 0. The second-order valence-corrected chi connectivity index (χ2v) is 10.9. The van der Waals surface area contributed by atoms with Gasteiger partial charge in [-0.05, 0) is 52.7 Å². The summed E-state index contributed by atoms with van der Waals surface area (Å²) in [5.74, 6) is 0.852. The summed E-state index contributed by atoms with van der Waals surface area (Å²) in [6, 6.07) is 3.38. The van der Waals surface area contributed by atoms with Crippen molar-refractivity contribution in [3.8, 4) is 11.5 Å². The zero-order valence-corrected chi connectivity index (χ0v) is 23.4. The van der Waals surface area contributed by atoms with Crippen LogP contribution in [0.15, 0.2) is 12.1 Å². The molecule has 0 bridgehead atoms. The number of rotatable bonds is 20. The van der Waals surface area contributed by atoms with Gasteiger partial charge in [0, 0.05) is 5.56 Å². The fourth-order valence-corrected chi connectivity index (χ4v) is 5.88. The molecule has 0 aromatic heterocycles. The highest BCUT2D eigenvalue weighted by molar-refractivity contribution is 7.67. The molecule has 0 unspecified atom stereocenters. The number of unbranched alkanes of at least 4 members (excludes halogenated alkanes) is 2. The lowest BCUT2D eigenvalue weighted by Gasteiger charge is -2.22. The Labute approximate surface area is 206 Å². The van der Waals surface area contributed by atoms with Gasteiger partial charge in [-0.1, -0.05) is 26.7 Å². The number of ether oxygens (including phenoxy) is 2. The lowest BCUT2D eigenvalue weighted by molar-refractivity contribution is 0.103. The van der Waals surface area contributed by atoms with Gasteiger partial charge in [-0.2, -0.15) is 0 Å². The van der Waals surface area contributed by atoms with Gasteiger partial charge in [0.25, 0.3) is 0 Å². The van der Waals surface area contributed by atoms with Crippen LogP contribution in [0.2, 0.25) is 0 Å². The van der Waals surface area contributed by atoms with E-state index in [0.717, 1.165) is 25.7 Å². The first-order valence-electron chi connectivity index (χ1n) is 12.3. The predicted octanol–water partition coefficient (Wildman–Crippen LogP) is 7.34. The van der Waals surface area contributed by atoms with E-state index in [4.69, 9.17) is 27.6 Å². The van der Waals surface area contributed by atoms with E-state index in [1.165, 1.54) is 0 Å². The Kier molecular flexibility index (Phi) is 15.9. The van der Waals surface area contributed by atoms with E-state index in [2.05, 4.69) is 13.8 Å². The van der Waals surface area contributed by atoms with Crippen LogP contribution in [0.5, 0.6) is 11.5 Å². The van der Waals surface area contributed by atoms with Crippen molar-refractivity contribution in [2.75, 3.05) is 39.6 Å². The largest absolute Gasteiger partial charge is 0.493 e. The molecule has 1 aromatic rings. The summed E-state index contributed by atoms with van der Waals surface area (Å²) >= 11 is 0. The first kappa shape index (κ1) is 31.0. The van der Waals surface area contributed by atoms with Crippen LogP contribution >= 0.6 is 16.0 Å². The molecule has 196 valence electrons. The van der Waals surface area contributed by atoms with Gasteiger partial charge in [-0.15, -0.1) is 0 Å². The molecule has 0 aliphatic carbocycles. The van der Waals surface area contributed by atoms with Crippen LogP contribution < -0.4 is 9.47 Å².